The minimum absolute atomic E-state index is 0.139. The minimum Gasteiger partial charge on any atom is -0.380 e. The van der Waals surface area contributed by atoms with Crippen molar-refractivity contribution in [3.05, 3.63) is 87.4 Å². The molecule has 0 amide bonds. The molecule has 2 aliphatic rings. The summed E-state index contributed by atoms with van der Waals surface area (Å²) in [5.74, 6) is 1.36. The molecule has 3 aromatic rings. The monoisotopic (exact) mass is 447 g/mol. The number of hydrogen-bond donors (Lipinski definition) is 1. The van der Waals surface area contributed by atoms with Gasteiger partial charge in [-0.3, -0.25) is 0 Å². The van der Waals surface area contributed by atoms with Gasteiger partial charge in [-0.25, -0.2) is 4.98 Å². The number of nitrogens with zero attached hydrogens (tertiary/aromatic N) is 2. The number of nitrogens with one attached hydrogen (secondary N) is 1. The van der Waals surface area contributed by atoms with Gasteiger partial charge < -0.3 is 14.6 Å². The first-order valence-corrected chi connectivity index (χ1v) is 11.7. The molecule has 2 heterocycles. The van der Waals surface area contributed by atoms with Crippen molar-refractivity contribution < 1.29 is 4.74 Å². The second-order valence-electron chi connectivity index (χ2n) is 9.13. The van der Waals surface area contributed by atoms with E-state index < -0.39 is 0 Å². The van der Waals surface area contributed by atoms with Gasteiger partial charge >= 0.3 is 0 Å². The number of halogens is 1. The molecular weight excluding hydrogens is 418 g/mol. The molecule has 0 bridgehead atoms. The zero-order valence-electron chi connectivity index (χ0n) is 19.2. The molecule has 0 saturated carbocycles. The summed E-state index contributed by atoms with van der Waals surface area (Å²) in [6, 6.07) is 10.9. The summed E-state index contributed by atoms with van der Waals surface area (Å²) in [6.45, 7) is 7.24. The first kappa shape index (κ1) is 21.3. The number of imidazole rings is 1. The first-order chi connectivity index (χ1) is 15.4. The van der Waals surface area contributed by atoms with Gasteiger partial charge in [0.05, 0.1) is 23.2 Å². The third-order valence-electron chi connectivity index (χ3n) is 7.11. The lowest BCUT2D eigenvalue weighted by molar-refractivity contribution is 0.112. The predicted molar refractivity (Wildman–Crippen MR) is 131 cm³/mol. The van der Waals surface area contributed by atoms with E-state index in [1.165, 1.54) is 22.4 Å². The Hall–Kier alpha value is -2.56. The number of fused-ring (bicyclic) bond motifs is 1. The number of aryl methyl sites for hydroxylation is 3. The smallest absolute Gasteiger partial charge is 0.130 e. The van der Waals surface area contributed by atoms with Crippen LogP contribution in [0.15, 0.2) is 54.3 Å². The van der Waals surface area contributed by atoms with Crippen molar-refractivity contribution in [3.8, 4) is 0 Å². The third-order valence-corrected chi connectivity index (χ3v) is 7.52. The van der Waals surface area contributed by atoms with E-state index >= 15 is 0 Å². The molecule has 2 aromatic carbocycles. The van der Waals surface area contributed by atoms with Crippen LogP contribution in [0.5, 0.6) is 0 Å². The highest BCUT2D eigenvalue weighted by Crippen LogP contribution is 2.39. The van der Waals surface area contributed by atoms with Gasteiger partial charge in [0.25, 0.3) is 0 Å². The molecule has 3 atom stereocenters. The lowest BCUT2D eigenvalue weighted by Gasteiger charge is -2.29. The summed E-state index contributed by atoms with van der Waals surface area (Å²) in [5.41, 5.74) is 8.32. The fourth-order valence-corrected chi connectivity index (χ4v) is 5.11. The number of allylic oxidation sites excluding steroid dienone is 3. The van der Waals surface area contributed by atoms with E-state index in [2.05, 4.69) is 60.2 Å². The molecule has 1 aliphatic heterocycles. The number of likely N-dealkylation sites (tertiary alicyclic amines) is 1. The van der Waals surface area contributed by atoms with Gasteiger partial charge in [-0.15, -0.1) is 0 Å². The van der Waals surface area contributed by atoms with Crippen LogP contribution in [-0.2, 0) is 4.74 Å². The van der Waals surface area contributed by atoms with E-state index in [1.807, 2.05) is 19.1 Å². The molecule has 1 N–H and O–H groups in total. The maximum absolute atomic E-state index is 6.35. The highest BCUT2D eigenvalue weighted by molar-refractivity contribution is 6.32. The number of hydrogen-bond acceptors (Lipinski definition) is 3. The second-order valence-corrected chi connectivity index (χ2v) is 9.54. The Morgan fingerprint density at radius 3 is 2.75 bits per heavy atom. The van der Waals surface area contributed by atoms with Crippen molar-refractivity contribution in [2.75, 3.05) is 13.7 Å². The van der Waals surface area contributed by atoms with Crippen LogP contribution in [0.1, 0.15) is 52.9 Å². The zero-order valence-corrected chi connectivity index (χ0v) is 19.9. The highest BCUT2D eigenvalue weighted by Gasteiger charge is 2.36. The molecule has 4 nitrogen and oxygen atoms in total. The van der Waals surface area contributed by atoms with Crippen LogP contribution in [0.3, 0.4) is 0 Å². The molecule has 5 heteroatoms. The van der Waals surface area contributed by atoms with Crippen LogP contribution < -0.4 is 0 Å². The lowest BCUT2D eigenvalue weighted by atomic mass is 9.89. The van der Waals surface area contributed by atoms with Crippen LogP contribution in [0.2, 0.25) is 5.02 Å². The maximum Gasteiger partial charge on any atom is 0.130 e. The van der Waals surface area contributed by atoms with Crippen molar-refractivity contribution >= 4 is 22.6 Å². The Kier molecular flexibility index (Phi) is 5.60. The summed E-state index contributed by atoms with van der Waals surface area (Å²) in [6.07, 6.45) is 9.08. The molecule has 166 valence electrons. The lowest BCUT2D eigenvalue weighted by Crippen LogP contribution is -2.25. The van der Waals surface area contributed by atoms with Crippen molar-refractivity contribution in [2.45, 2.75) is 51.7 Å². The first-order valence-electron chi connectivity index (χ1n) is 11.3. The number of H-pyrrole nitrogens is 1. The molecule has 0 radical (unpaired) electrons. The van der Waals surface area contributed by atoms with Crippen LogP contribution in [0.4, 0.5) is 0 Å². The van der Waals surface area contributed by atoms with Crippen molar-refractivity contribution in [1.82, 2.24) is 14.9 Å². The van der Waals surface area contributed by atoms with Crippen LogP contribution in [0, 0.1) is 20.8 Å². The number of benzene rings is 2. The van der Waals surface area contributed by atoms with E-state index in [-0.39, 0.29) is 12.1 Å². The minimum atomic E-state index is 0.139. The molecule has 1 aliphatic carbocycles. The average Bonchev–Trinajstić information content (AvgIpc) is 3.43. The maximum atomic E-state index is 6.35. The van der Waals surface area contributed by atoms with Crippen LogP contribution in [-0.4, -0.2) is 34.6 Å². The second kappa shape index (κ2) is 8.42. The Morgan fingerprint density at radius 2 is 1.97 bits per heavy atom. The van der Waals surface area contributed by atoms with Gasteiger partial charge in [0, 0.05) is 36.7 Å². The molecule has 1 saturated heterocycles. The Morgan fingerprint density at radius 1 is 1.12 bits per heavy atom. The van der Waals surface area contributed by atoms with Crippen molar-refractivity contribution in [1.29, 1.82) is 0 Å². The van der Waals surface area contributed by atoms with E-state index in [0.29, 0.717) is 5.92 Å². The highest BCUT2D eigenvalue weighted by atomic mass is 35.5. The zero-order chi connectivity index (χ0) is 22.4. The third kappa shape index (κ3) is 3.76. The Bertz CT molecular complexity index is 1230. The standard InChI is InChI=1S/C27H30ClN3O/c1-16-8-9-20(12-17(16)2)19-6-5-7-21(13-19)31-15-22(32-4)14-25(31)27-29-24-11-10-23(28)18(3)26(24)30-27/h5,7-13,19,22,25H,6,14-15H2,1-4H3,(H,29,30)/t19?,22-,25+/m1/s1. The molecule has 1 unspecified atom stereocenters. The topological polar surface area (TPSA) is 41.1 Å². The molecule has 0 spiro atoms. The average molecular weight is 448 g/mol. The van der Waals surface area contributed by atoms with Crippen LogP contribution >= 0.6 is 11.6 Å². The van der Waals surface area contributed by atoms with E-state index in [9.17, 15) is 0 Å². The quantitative estimate of drug-likeness (QED) is 0.494. The predicted octanol–water partition coefficient (Wildman–Crippen LogP) is 6.53. The molecule has 32 heavy (non-hydrogen) atoms. The number of ether oxygens (including phenoxy) is 1. The van der Waals surface area contributed by atoms with Gasteiger partial charge in [0.1, 0.15) is 5.82 Å². The SMILES string of the molecule is CO[C@@H]1C[C@@H](c2nc3c(C)c(Cl)ccc3[nH]2)N(C2=CC(c3ccc(C)c(C)c3)CC=C2)C1. The number of rotatable bonds is 4. The fraction of sp³-hybridized carbons (Fsp3) is 0.370. The Labute approximate surface area is 194 Å². The molecule has 5 rings (SSSR count). The van der Waals surface area contributed by atoms with Gasteiger partial charge in [-0.2, -0.15) is 0 Å². The van der Waals surface area contributed by atoms with Gasteiger partial charge in [0.2, 0.25) is 0 Å². The van der Waals surface area contributed by atoms with E-state index in [4.69, 9.17) is 21.3 Å². The molecular formula is C27H30ClN3O. The number of aromatic amines is 1. The summed E-state index contributed by atoms with van der Waals surface area (Å²) in [4.78, 5) is 11.0. The van der Waals surface area contributed by atoms with Crippen molar-refractivity contribution in [2.24, 2.45) is 0 Å². The summed E-state index contributed by atoms with van der Waals surface area (Å²) >= 11 is 6.35. The summed E-state index contributed by atoms with van der Waals surface area (Å²) in [7, 11) is 1.80. The van der Waals surface area contributed by atoms with E-state index in [0.717, 1.165) is 46.8 Å². The van der Waals surface area contributed by atoms with Gasteiger partial charge in [0.15, 0.2) is 0 Å². The fourth-order valence-electron chi connectivity index (χ4n) is 4.96. The number of methoxy groups -OCH3 is 1. The largest absolute Gasteiger partial charge is 0.380 e. The number of aromatic nitrogens is 2. The van der Waals surface area contributed by atoms with Crippen molar-refractivity contribution in [3.63, 3.8) is 0 Å². The Balaban J connectivity index is 1.50. The van der Waals surface area contributed by atoms with Gasteiger partial charge in [-0.05, 0) is 67.7 Å². The van der Waals surface area contributed by atoms with Gasteiger partial charge in [-0.1, -0.05) is 42.0 Å². The molecule has 1 aromatic heterocycles. The van der Waals surface area contributed by atoms with Crippen LogP contribution in [0.25, 0.3) is 11.0 Å². The molecule has 1 fully saturated rings. The summed E-state index contributed by atoms with van der Waals surface area (Å²) in [5, 5.41) is 0.753. The van der Waals surface area contributed by atoms with E-state index in [1.54, 1.807) is 7.11 Å². The summed E-state index contributed by atoms with van der Waals surface area (Å²) < 4.78 is 5.79. The normalized spacial score (nSPS) is 23.2.